The summed E-state index contributed by atoms with van der Waals surface area (Å²) in [6, 6.07) is 21.2. The van der Waals surface area contributed by atoms with Crippen LogP contribution >= 0.6 is 34.8 Å². The highest BCUT2D eigenvalue weighted by Gasteiger charge is 2.31. The van der Waals surface area contributed by atoms with Gasteiger partial charge in [0.25, 0.3) is 0 Å². The average molecular weight is 562 g/mol. The van der Waals surface area contributed by atoms with E-state index < -0.39 is 6.04 Å². The van der Waals surface area contributed by atoms with Crippen LogP contribution in [0.15, 0.2) is 72.8 Å². The monoisotopic (exact) mass is 560 g/mol. The van der Waals surface area contributed by atoms with Crippen molar-refractivity contribution in [3.8, 4) is 5.75 Å². The van der Waals surface area contributed by atoms with Crippen molar-refractivity contribution < 1.29 is 14.3 Å². The third-order valence-corrected chi connectivity index (χ3v) is 6.79. The SMILES string of the molecule is CCCNC(=O)[C@@H](Cc1ccccc1)N(Cc1c(Cl)cccc1Cl)C(=O)CCCOc1ccc(Cl)cc1. The van der Waals surface area contributed by atoms with Gasteiger partial charge >= 0.3 is 0 Å². The number of amides is 2. The molecule has 0 aliphatic carbocycles. The van der Waals surface area contributed by atoms with Crippen molar-refractivity contribution >= 4 is 46.6 Å². The van der Waals surface area contributed by atoms with Gasteiger partial charge in [-0.1, -0.05) is 78.1 Å². The molecule has 0 aromatic heterocycles. The van der Waals surface area contributed by atoms with Crippen molar-refractivity contribution in [2.24, 2.45) is 0 Å². The lowest BCUT2D eigenvalue weighted by molar-refractivity contribution is -0.141. The van der Waals surface area contributed by atoms with Crippen LogP contribution in [0.5, 0.6) is 5.75 Å². The van der Waals surface area contributed by atoms with Gasteiger partial charge in [-0.15, -0.1) is 0 Å². The number of halogens is 3. The predicted octanol–water partition coefficient (Wildman–Crippen LogP) is 6.97. The van der Waals surface area contributed by atoms with E-state index in [2.05, 4.69) is 5.32 Å². The van der Waals surface area contributed by atoms with Crippen molar-refractivity contribution in [3.63, 3.8) is 0 Å². The van der Waals surface area contributed by atoms with Gasteiger partial charge in [-0.3, -0.25) is 9.59 Å². The van der Waals surface area contributed by atoms with E-state index in [-0.39, 0.29) is 24.8 Å². The largest absolute Gasteiger partial charge is 0.494 e. The second-order valence-corrected chi connectivity index (χ2v) is 9.88. The standard InChI is InChI=1S/C29H31Cl3N2O3/c1-2-17-33-29(36)27(19-21-8-4-3-5-9-21)34(20-24-25(31)10-6-11-26(24)32)28(35)12-7-18-37-23-15-13-22(30)14-16-23/h3-6,8-11,13-16,27H,2,7,12,17-20H2,1H3,(H,33,36)/t27-/m1/s1. The molecule has 3 aromatic rings. The van der Waals surface area contributed by atoms with E-state index in [1.165, 1.54) is 0 Å². The summed E-state index contributed by atoms with van der Waals surface area (Å²) < 4.78 is 5.75. The molecule has 0 saturated heterocycles. The molecule has 0 aliphatic heterocycles. The molecule has 2 amide bonds. The van der Waals surface area contributed by atoms with Crippen molar-refractivity contribution in [1.29, 1.82) is 0 Å². The van der Waals surface area contributed by atoms with Crippen LogP contribution < -0.4 is 10.1 Å². The smallest absolute Gasteiger partial charge is 0.243 e. The Morgan fingerprint density at radius 1 is 0.919 bits per heavy atom. The Bertz CT molecular complexity index is 1140. The molecule has 0 unspecified atom stereocenters. The van der Waals surface area contributed by atoms with Crippen molar-refractivity contribution in [2.45, 2.75) is 45.2 Å². The molecular formula is C29H31Cl3N2O3. The van der Waals surface area contributed by atoms with Crippen molar-refractivity contribution in [3.05, 3.63) is 99.0 Å². The van der Waals surface area contributed by atoms with E-state index in [1.807, 2.05) is 37.3 Å². The number of nitrogens with zero attached hydrogens (tertiary/aromatic N) is 1. The molecule has 0 aliphatic rings. The first-order valence-corrected chi connectivity index (χ1v) is 13.4. The lowest BCUT2D eigenvalue weighted by Crippen LogP contribution is -2.50. The molecule has 0 bridgehead atoms. The van der Waals surface area contributed by atoms with Crippen LogP contribution in [0.1, 0.15) is 37.3 Å². The third-order valence-electron chi connectivity index (χ3n) is 5.83. The van der Waals surface area contributed by atoms with Crippen LogP contribution in [0, 0.1) is 0 Å². The van der Waals surface area contributed by atoms with Gasteiger partial charge in [0.2, 0.25) is 11.8 Å². The highest BCUT2D eigenvalue weighted by Crippen LogP contribution is 2.27. The first kappa shape index (κ1) is 28.8. The third kappa shape index (κ3) is 8.96. The zero-order chi connectivity index (χ0) is 26.6. The number of ether oxygens (including phenoxy) is 1. The molecule has 0 spiro atoms. The predicted molar refractivity (Wildman–Crippen MR) is 150 cm³/mol. The quantitative estimate of drug-likeness (QED) is 0.229. The minimum atomic E-state index is -0.731. The number of carbonyl (C=O) groups excluding carboxylic acids is 2. The highest BCUT2D eigenvalue weighted by atomic mass is 35.5. The Balaban J connectivity index is 1.82. The number of benzene rings is 3. The molecular weight excluding hydrogens is 531 g/mol. The maximum Gasteiger partial charge on any atom is 0.243 e. The van der Waals surface area contributed by atoms with Crippen LogP contribution in [-0.4, -0.2) is 35.9 Å². The van der Waals surface area contributed by atoms with E-state index in [4.69, 9.17) is 39.5 Å². The number of hydrogen-bond donors (Lipinski definition) is 1. The van der Waals surface area contributed by atoms with Crippen LogP contribution in [0.2, 0.25) is 15.1 Å². The second kappa shape index (κ2) is 14.9. The summed E-state index contributed by atoms with van der Waals surface area (Å²) in [4.78, 5) is 28.6. The summed E-state index contributed by atoms with van der Waals surface area (Å²) in [6.07, 6.45) is 1.83. The summed E-state index contributed by atoms with van der Waals surface area (Å²) in [5, 5.41) is 4.49. The molecule has 0 heterocycles. The molecule has 0 fully saturated rings. The summed E-state index contributed by atoms with van der Waals surface area (Å²) in [5.41, 5.74) is 1.56. The summed E-state index contributed by atoms with van der Waals surface area (Å²) in [7, 11) is 0. The number of nitrogens with one attached hydrogen (secondary N) is 1. The Kier molecular flexibility index (Phi) is 11.6. The van der Waals surface area contributed by atoms with Gasteiger partial charge in [0.15, 0.2) is 0 Å². The van der Waals surface area contributed by atoms with Crippen LogP contribution in [0.25, 0.3) is 0 Å². The molecule has 5 nitrogen and oxygen atoms in total. The maximum atomic E-state index is 13.6. The Morgan fingerprint density at radius 3 is 2.24 bits per heavy atom. The van der Waals surface area contributed by atoms with E-state index in [0.717, 1.165) is 12.0 Å². The van der Waals surface area contributed by atoms with Gasteiger partial charge in [0, 0.05) is 46.6 Å². The molecule has 0 radical (unpaired) electrons. The van der Waals surface area contributed by atoms with Gasteiger partial charge in [-0.05, 0) is 54.8 Å². The topological polar surface area (TPSA) is 58.6 Å². The van der Waals surface area contributed by atoms with Crippen LogP contribution in [0.4, 0.5) is 0 Å². The van der Waals surface area contributed by atoms with Gasteiger partial charge in [0.1, 0.15) is 11.8 Å². The van der Waals surface area contributed by atoms with Gasteiger partial charge < -0.3 is 15.0 Å². The molecule has 1 N–H and O–H groups in total. The highest BCUT2D eigenvalue weighted by molar-refractivity contribution is 6.36. The van der Waals surface area contributed by atoms with Gasteiger partial charge in [-0.2, -0.15) is 0 Å². The Hall–Kier alpha value is -2.73. The molecule has 3 aromatic carbocycles. The summed E-state index contributed by atoms with van der Waals surface area (Å²) in [6.45, 7) is 2.97. The molecule has 37 heavy (non-hydrogen) atoms. The minimum Gasteiger partial charge on any atom is -0.494 e. The molecule has 3 rings (SSSR count). The zero-order valence-corrected chi connectivity index (χ0v) is 23.0. The van der Waals surface area contributed by atoms with Crippen molar-refractivity contribution in [1.82, 2.24) is 10.2 Å². The van der Waals surface area contributed by atoms with E-state index >= 15 is 0 Å². The lowest BCUT2D eigenvalue weighted by atomic mass is 10.0. The molecule has 0 saturated carbocycles. The number of carbonyl (C=O) groups is 2. The lowest BCUT2D eigenvalue weighted by Gasteiger charge is -2.32. The van der Waals surface area contributed by atoms with Gasteiger partial charge in [-0.25, -0.2) is 0 Å². The maximum absolute atomic E-state index is 13.6. The molecule has 1 atom stereocenters. The Labute approximate surface area is 233 Å². The molecule has 8 heteroatoms. The summed E-state index contributed by atoms with van der Waals surface area (Å²) in [5.74, 6) is 0.292. The molecule has 196 valence electrons. The average Bonchev–Trinajstić information content (AvgIpc) is 2.90. The fraction of sp³-hybridized carbons (Fsp3) is 0.310. The van der Waals surface area contributed by atoms with E-state index in [1.54, 1.807) is 47.4 Å². The van der Waals surface area contributed by atoms with E-state index in [0.29, 0.717) is 52.4 Å². The Morgan fingerprint density at radius 2 is 1.59 bits per heavy atom. The zero-order valence-electron chi connectivity index (χ0n) is 20.8. The fourth-order valence-electron chi connectivity index (χ4n) is 3.86. The van der Waals surface area contributed by atoms with Crippen LogP contribution in [-0.2, 0) is 22.6 Å². The number of hydrogen-bond acceptors (Lipinski definition) is 3. The van der Waals surface area contributed by atoms with E-state index in [9.17, 15) is 9.59 Å². The van der Waals surface area contributed by atoms with Gasteiger partial charge in [0.05, 0.1) is 6.61 Å². The first-order chi connectivity index (χ1) is 17.9. The first-order valence-electron chi connectivity index (χ1n) is 12.3. The fourth-order valence-corrected chi connectivity index (χ4v) is 4.50. The summed E-state index contributed by atoms with van der Waals surface area (Å²) >= 11 is 18.8. The van der Waals surface area contributed by atoms with Crippen molar-refractivity contribution in [2.75, 3.05) is 13.2 Å². The van der Waals surface area contributed by atoms with Crippen LogP contribution in [0.3, 0.4) is 0 Å². The normalized spacial score (nSPS) is 11.6. The number of rotatable bonds is 13. The minimum absolute atomic E-state index is 0.117. The second-order valence-electron chi connectivity index (χ2n) is 8.62.